The Kier molecular flexibility index (Phi) is 2.96. The zero-order valence-corrected chi connectivity index (χ0v) is 8.62. The van der Waals surface area contributed by atoms with Crippen LogP contribution in [-0.2, 0) is 12.8 Å². The van der Waals surface area contributed by atoms with E-state index in [1.165, 1.54) is 35.4 Å². The van der Waals surface area contributed by atoms with E-state index in [1.54, 1.807) is 0 Å². The molecule has 0 radical (unpaired) electrons. The summed E-state index contributed by atoms with van der Waals surface area (Å²) in [4.78, 5) is 3.46. The highest BCUT2D eigenvalue weighted by Gasteiger charge is 2.08. The molecule has 0 amide bonds. The molecule has 0 aliphatic rings. The van der Waals surface area contributed by atoms with E-state index in [0.29, 0.717) is 0 Å². The van der Waals surface area contributed by atoms with E-state index in [1.807, 2.05) is 0 Å². The third kappa shape index (κ3) is 1.55. The third-order valence-electron chi connectivity index (χ3n) is 2.57. The van der Waals surface area contributed by atoms with Crippen LogP contribution in [0.5, 0.6) is 0 Å². The highest BCUT2D eigenvalue weighted by atomic mass is 14.7. The summed E-state index contributed by atoms with van der Waals surface area (Å²) < 4.78 is 0. The summed E-state index contributed by atoms with van der Waals surface area (Å²) in [5.74, 6) is 0. The van der Waals surface area contributed by atoms with Crippen LogP contribution in [0.3, 0.4) is 0 Å². The summed E-state index contributed by atoms with van der Waals surface area (Å²) >= 11 is 0. The summed E-state index contributed by atoms with van der Waals surface area (Å²) in [5.41, 5.74) is 5.79. The average Bonchev–Trinajstić information content (AvgIpc) is 2.29. The van der Waals surface area contributed by atoms with Crippen LogP contribution in [0.4, 0.5) is 0 Å². The Morgan fingerprint density at radius 3 is 2.33 bits per heavy atom. The van der Waals surface area contributed by atoms with Gasteiger partial charge in [-0.15, -0.1) is 0 Å². The lowest BCUT2D eigenvalue weighted by Gasteiger charge is -1.99. The van der Waals surface area contributed by atoms with Gasteiger partial charge in [0.15, 0.2) is 0 Å². The Morgan fingerprint density at radius 1 is 1.17 bits per heavy atom. The number of hydrogen-bond acceptors (Lipinski definition) is 0. The molecule has 0 fully saturated rings. The molecule has 1 rings (SSSR count). The Balaban J connectivity index is 3.02. The predicted octanol–water partition coefficient (Wildman–Crippen LogP) is 3.15. The number of aromatic amines is 1. The van der Waals surface area contributed by atoms with Crippen molar-refractivity contribution >= 4 is 0 Å². The van der Waals surface area contributed by atoms with Gasteiger partial charge in [-0.3, -0.25) is 0 Å². The Labute approximate surface area is 75.2 Å². The molecular weight excluding hydrogens is 146 g/mol. The quantitative estimate of drug-likeness (QED) is 0.708. The normalized spacial score (nSPS) is 10.7. The first-order valence-electron chi connectivity index (χ1n) is 4.87. The second-order valence-corrected chi connectivity index (χ2v) is 3.44. The standard InChI is InChI=1S/C11H19N/c1-5-7-11-10(6-2)8(3)9(4)12-11/h12H,5-7H2,1-4H3. The number of hydrogen-bond donors (Lipinski definition) is 1. The number of H-pyrrole nitrogens is 1. The van der Waals surface area contributed by atoms with Crippen LogP contribution >= 0.6 is 0 Å². The van der Waals surface area contributed by atoms with E-state index < -0.39 is 0 Å². The van der Waals surface area contributed by atoms with Crippen molar-refractivity contribution in [2.24, 2.45) is 0 Å². The summed E-state index contributed by atoms with van der Waals surface area (Å²) in [6.07, 6.45) is 3.58. The fourth-order valence-corrected chi connectivity index (χ4v) is 1.79. The fourth-order valence-electron chi connectivity index (χ4n) is 1.79. The van der Waals surface area contributed by atoms with Gasteiger partial charge < -0.3 is 4.98 Å². The predicted molar refractivity (Wildman–Crippen MR) is 53.6 cm³/mol. The second-order valence-electron chi connectivity index (χ2n) is 3.44. The summed E-state index contributed by atoms with van der Waals surface area (Å²) in [6.45, 7) is 8.83. The highest BCUT2D eigenvalue weighted by Crippen LogP contribution is 2.19. The molecule has 1 heterocycles. The van der Waals surface area contributed by atoms with Crippen molar-refractivity contribution < 1.29 is 0 Å². The zero-order chi connectivity index (χ0) is 9.14. The van der Waals surface area contributed by atoms with Gasteiger partial charge in [-0.2, -0.15) is 0 Å². The van der Waals surface area contributed by atoms with Gasteiger partial charge in [0.25, 0.3) is 0 Å². The maximum absolute atomic E-state index is 3.46. The molecule has 0 atom stereocenters. The van der Waals surface area contributed by atoms with Gasteiger partial charge in [-0.25, -0.2) is 0 Å². The maximum Gasteiger partial charge on any atom is 0.0184 e. The van der Waals surface area contributed by atoms with Gasteiger partial charge in [0.2, 0.25) is 0 Å². The lowest BCUT2D eigenvalue weighted by Crippen LogP contribution is -1.90. The van der Waals surface area contributed by atoms with Crippen molar-refractivity contribution in [3.63, 3.8) is 0 Å². The monoisotopic (exact) mass is 165 g/mol. The molecule has 68 valence electrons. The first-order chi connectivity index (χ1) is 5.70. The van der Waals surface area contributed by atoms with E-state index in [-0.39, 0.29) is 0 Å². The van der Waals surface area contributed by atoms with Gasteiger partial charge in [0, 0.05) is 11.4 Å². The number of aromatic nitrogens is 1. The minimum Gasteiger partial charge on any atom is -0.362 e. The smallest absolute Gasteiger partial charge is 0.0184 e. The van der Waals surface area contributed by atoms with E-state index in [4.69, 9.17) is 0 Å². The Morgan fingerprint density at radius 2 is 1.83 bits per heavy atom. The van der Waals surface area contributed by atoms with Crippen LogP contribution < -0.4 is 0 Å². The largest absolute Gasteiger partial charge is 0.362 e. The van der Waals surface area contributed by atoms with Crippen LogP contribution in [0, 0.1) is 13.8 Å². The highest BCUT2D eigenvalue weighted by molar-refractivity contribution is 5.35. The number of nitrogens with one attached hydrogen (secondary N) is 1. The van der Waals surface area contributed by atoms with Crippen molar-refractivity contribution in [3.8, 4) is 0 Å². The van der Waals surface area contributed by atoms with Crippen LogP contribution in [-0.4, -0.2) is 4.98 Å². The lowest BCUT2D eigenvalue weighted by atomic mass is 10.1. The van der Waals surface area contributed by atoms with Crippen LogP contribution in [0.25, 0.3) is 0 Å². The number of aryl methyl sites for hydroxylation is 2. The molecule has 0 unspecified atom stereocenters. The molecule has 1 nitrogen and oxygen atoms in total. The third-order valence-corrected chi connectivity index (χ3v) is 2.57. The van der Waals surface area contributed by atoms with E-state index in [9.17, 15) is 0 Å². The van der Waals surface area contributed by atoms with Gasteiger partial charge in [0.05, 0.1) is 0 Å². The molecule has 0 saturated carbocycles. The van der Waals surface area contributed by atoms with Crippen molar-refractivity contribution in [1.82, 2.24) is 4.98 Å². The van der Waals surface area contributed by atoms with Crippen LogP contribution in [0.15, 0.2) is 0 Å². The summed E-state index contributed by atoms with van der Waals surface area (Å²) in [7, 11) is 0. The maximum atomic E-state index is 3.46. The van der Waals surface area contributed by atoms with E-state index in [2.05, 4.69) is 32.7 Å². The van der Waals surface area contributed by atoms with Crippen LogP contribution in [0.2, 0.25) is 0 Å². The first-order valence-corrected chi connectivity index (χ1v) is 4.87. The van der Waals surface area contributed by atoms with Gasteiger partial charge in [-0.05, 0) is 37.8 Å². The number of rotatable bonds is 3. The Hall–Kier alpha value is -0.720. The molecule has 0 spiro atoms. The molecule has 0 aromatic carbocycles. The molecule has 1 heteroatoms. The first kappa shape index (κ1) is 9.37. The molecular formula is C11H19N. The molecule has 0 saturated heterocycles. The van der Waals surface area contributed by atoms with E-state index in [0.717, 1.165) is 6.42 Å². The van der Waals surface area contributed by atoms with Gasteiger partial charge >= 0.3 is 0 Å². The van der Waals surface area contributed by atoms with Gasteiger partial charge in [0.1, 0.15) is 0 Å². The molecule has 1 aromatic heterocycles. The van der Waals surface area contributed by atoms with Crippen molar-refractivity contribution in [3.05, 3.63) is 22.5 Å². The minimum absolute atomic E-state index is 1.16. The zero-order valence-electron chi connectivity index (χ0n) is 8.62. The SMILES string of the molecule is CCCc1[nH]c(C)c(C)c1CC. The van der Waals surface area contributed by atoms with E-state index >= 15 is 0 Å². The topological polar surface area (TPSA) is 15.8 Å². The molecule has 1 N–H and O–H groups in total. The van der Waals surface area contributed by atoms with Gasteiger partial charge in [-0.1, -0.05) is 20.3 Å². The summed E-state index contributed by atoms with van der Waals surface area (Å²) in [5, 5.41) is 0. The van der Waals surface area contributed by atoms with Crippen LogP contribution in [0.1, 0.15) is 42.8 Å². The average molecular weight is 165 g/mol. The lowest BCUT2D eigenvalue weighted by molar-refractivity contribution is 0.869. The fraction of sp³-hybridized carbons (Fsp3) is 0.636. The molecule has 0 aliphatic carbocycles. The molecule has 0 aliphatic heterocycles. The molecule has 0 bridgehead atoms. The van der Waals surface area contributed by atoms with Crippen molar-refractivity contribution in [2.45, 2.75) is 47.0 Å². The Bertz CT molecular complexity index is 258. The summed E-state index contributed by atoms with van der Waals surface area (Å²) in [6, 6.07) is 0. The minimum atomic E-state index is 1.16. The molecule has 12 heavy (non-hydrogen) atoms. The molecule has 1 aromatic rings. The van der Waals surface area contributed by atoms with Crippen molar-refractivity contribution in [1.29, 1.82) is 0 Å². The van der Waals surface area contributed by atoms with Crippen molar-refractivity contribution in [2.75, 3.05) is 0 Å². The second kappa shape index (κ2) is 3.79.